The minimum atomic E-state index is -1.35. The van der Waals surface area contributed by atoms with Crippen molar-refractivity contribution >= 4 is 32.5 Å². The number of benzene rings is 1. The Balaban J connectivity index is 2.65. The van der Waals surface area contributed by atoms with Crippen LogP contribution in [0.15, 0.2) is 0 Å². The van der Waals surface area contributed by atoms with Gasteiger partial charge in [0.25, 0.3) is 5.52 Å². The van der Waals surface area contributed by atoms with Crippen LogP contribution in [-0.2, 0) is 13.5 Å². The Morgan fingerprint density at radius 2 is 1.76 bits per heavy atom. The van der Waals surface area contributed by atoms with E-state index in [2.05, 4.69) is 4.98 Å². The lowest BCUT2D eigenvalue weighted by molar-refractivity contribution is -0.654. The molecule has 7 heteroatoms. The zero-order valence-corrected chi connectivity index (χ0v) is 12.3. The van der Waals surface area contributed by atoms with Crippen LogP contribution in [0.25, 0.3) is 21.1 Å². The van der Waals surface area contributed by atoms with Crippen LogP contribution in [0, 0.1) is 29.5 Å². The van der Waals surface area contributed by atoms with Gasteiger partial charge in [0.05, 0.1) is 10.1 Å². The Kier molecular flexibility index (Phi) is 3.12. The van der Waals surface area contributed by atoms with Crippen molar-refractivity contribution in [1.82, 2.24) is 4.98 Å². The number of fused-ring (bicyclic) bond motifs is 2. The molecule has 2 aromatic heterocycles. The molecule has 0 N–H and O–H groups in total. The van der Waals surface area contributed by atoms with Crippen LogP contribution >= 0.6 is 11.3 Å². The predicted molar refractivity (Wildman–Crippen MR) is 72.2 cm³/mol. The summed E-state index contributed by atoms with van der Waals surface area (Å²) in [6.07, 6.45) is 0.560. The quantitative estimate of drug-likeness (QED) is 0.494. The summed E-state index contributed by atoms with van der Waals surface area (Å²) in [5.41, 5.74) is 0.900. The minimum absolute atomic E-state index is 0.154. The number of halogens is 4. The summed E-state index contributed by atoms with van der Waals surface area (Å²) in [7, 11) is 1.56. The highest BCUT2D eigenvalue weighted by atomic mass is 32.1. The van der Waals surface area contributed by atoms with E-state index in [-0.39, 0.29) is 27.1 Å². The first kappa shape index (κ1) is 14.2. The summed E-state index contributed by atoms with van der Waals surface area (Å²) in [4.78, 5) is 4.08. The average Bonchev–Trinajstić information content (AvgIpc) is 2.72. The maximum atomic E-state index is 14.6. The van der Waals surface area contributed by atoms with Gasteiger partial charge in [-0.1, -0.05) is 18.3 Å². The molecule has 0 saturated carbocycles. The first-order chi connectivity index (χ1) is 9.88. The van der Waals surface area contributed by atoms with Gasteiger partial charge in [-0.15, -0.1) is 0 Å². The van der Waals surface area contributed by atoms with Gasteiger partial charge in [-0.25, -0.2) is 13.8 Å². The second kappa shape index (κ2) is 4.62. The fourth-order valence-electron chi connectivity index (χ4n) is 2.68. The van der Waals surface area contributed by atoms with Crippen molar-refractivity contribution in [3.63, 3.8) is 0 Å². The van der Waals surface area contributed by atoms with Crippen LogP contribution in [-0.4, -0.2) is 4.98 Å². The molecule has 110 valence electrons. The summed E-state index contributed by atoms with van der Waals surface area (Å²) in [5.74, 6) is -3.23. The van der Waals surface area contributed by atoms with Gasteiger partial charge in [-0.2, -0.15) is 13.3 Å². The fraction of sp³-hybridized carbons (Fsp3) is 0.286. The number of nitrogens with zero attached hydrogens (tertiary/aromatic N) is 2. The first-order valence-electron chi connectivity index (χ1n) is 6.32. The fourth-order valence-corrected chi connectivity index (χ4v) is 3.52. The SMILES string of the molecule is CCc1c(C)nc2c(F)c3sc(F)c(F)c3c(F)c2[n+]1C. The molecule has 0 saturated heterocycles. The molecule has 3 aromatic rings. The van der Waals surface area contributed by atoms with Crippen LogP contribution in [0.3, 0.4) is 0 Å². The molecule has 2 heterocycles. The smallest absolute Gasteiger partial charge is 0.237 e. The van der Waals surface area contributed by atoms with Crippen molar-refractivity contribution in [3.05, 3.63) is 34.0 Å². The summed E-state index contributed by atoms with van der Waals surface area (Å²) in [6.45, 7) is 3.54. The molecule has 0 unspecified atom stereocenters. The molecule has 0 bridgehead atoms. The largest absolute Gasteiger partial charge is 0.271 e. The third kappa shape index (κ3) is 1.76. The molecule has 0 aliphatic rings. The van der Waals surface area contributed by atoms with Crippen LogP contribution in [0.1, 0.15) is 18.3 Å². The van der Waals surface area contributed by atoms with E-state index in [0.717, 1.165) is 0 Å². The van der Waals surface area contributed by atoms with Crippen LogP contribution in [0.4, 0.5) is 17.6 Å². The molecule has 3 rings (SSSR count). The molecule has 0 radical (unpaired) electrons. The molecule has 0 spiro atoms. The maximum absolute atomic E-state index is 14.6. The number of thiophene rings is 1. The number of rotatable bonds is 1. The Labute approximate surface area is 121 Å². The second-order valence-corrected chi connectivity index (χ2v) is 5.75. The van der Waals surface area contributed by atoms with Gasteiger partial charge >= 0.3 is 0 Å². The average molecular weight is 315 g/mol. The van der Waals surface area contributed by atoms with Crippen LogP contribution in [0.5, 0.6) is 0 Å². The minimum Gasteiger partial charge on any atom is -0.237 e. The van der Waals surface area contributed by atoms with E-state index < -0.39 is 28.0 Å². The zero-order chi connectivity index (χ0) is 15.5. The van der Waals surface area contributed by atoms with E-state index in [1.807, 2.05) is 6.92 Å². The Bertz CT molecular complexity index is 902. The second-order valence-electron chi connectivity index (χ2n) is 4.78. The van der Waals surface area contributed by atoms with Crippen LogP contribution in [0.2, 0.25) is 0 Å². The van der Waals surface area contributed by atoms with E-state index in [4.69, 9.17) is 0 Å². The van der Waals surface area contributed by atoms with E-state index in [9.17, 15) is 17.6 Å². The summed E-state index contributed by atoms with van der Waals surface area (Å²) in [6, 6.07) is 0. The van der Waals surface area contributed by atoms with Crippen molar-refractivity contribution in [2.45, 2.75) is 20.3 Å². The third-order valence-corrected chi connectivity index (χ3v) is 4.59. The van der Waals surface area contributed by atoms with Crippen molar-refractivity contribution < 1.29 is 22.1 Å². The number of hydrogen-bond donors (Lipinski definition) is 0. The summed E-state index contributed by atoms with van der Waals surface area (Å²) >= 11 is 0.250. The number of aromatic nitrogens is 2. The van der Waals surface area contributed by atoms with Crippen molar-refractivity contribution in [2.75, 3.05) is 0 Å². The maximum Gasteiger partial charge on any atom is 0.271 e. The predicted octanol–water partition coefficient (Wildman–Crippen LogP) is 3.70. The molecule has 0 amide bonds. The molecule has 1 aromatic carbocycles. The Hall–Kier alpha value is -1.76. The van der Waals surface area contributed by atoms with Gasteiger partial charge in [-0.05, 0) is 6.92 Å². The van der Waals surface area contributed by atoms with Gasteiger partial charge in [-0.3, -0.25) is 0 Å². The Morgan fingerprint density at radius 3 is 2.38 bits per heavy atom. The van der Waals surface area contributed by atoms with Gasteiger partial charge in [0.2, 0.25) is 16.6 Å². The number of aryl methyl sites for hydroxylation is 2. The van der Waals surface area contributed by atoms with E-state index in [1.54, 1.807) is 14.0 Å². The molecular weight excluding hydrogens is 304 g/mol. The van der Waals surface area contributed by atoms with Crippen molar-refractivity contribution in [1.29, 1.82) is 0 Å². The zero-order valence-electron chi connectivity index (χ0n) is 11.5. The monoisotopic (exact) mass is 315 g/mol. The van der Waals surface area contributed by atoms with Gasteiger partial charge in [0.1, 0.15) is 12.7 Å². The molecule has 0 atom stereocenters. The molecule has 2 nitrogen and oxygen atoms in total. The first-order valence-corrected chi connectivity index (χ1v) is 7.13. The normalized spacial score (nSPS) is 11.8. The molecule has 0 aliphatic carbocycles. The lowest BCUT2D eigenvalue weighted by atomic mass is 10.1. The molecule has 0 aliphatic heterocycles. The summed E-state index contributed by atoms with van der Waals surface area (Å²) < 4.78 is 57.2. The molecule has 21 heavy (non-hydrogen) atoms. The van der Waals surface area contributed by atoms with Gasteiger partial charge < -0.3 is 0 Å². The molecular formula is C14H11F4N2S+. The highest BCUT2D eigenvalue weighted by molar-refractivity contribution is 7.17. The third-order valence-electron chi connectivity index (χ3n) is 3.64. The summed E-state index contributed by atoms with van der Waals surface area (Å²) in [5, 5.41) is -1.88. The van der Waals surface area contributed by atoms with Crippen molar-refractivity contribution in [2.24, 2.45) is 7.05 Å². The van der Waals surface area contributed by atoms with E-state index >= 15 is 0 Å². The van der Waals surface area contributed by atoms with E-state index in [1.165, 1.54) is 4.57 Å². The van der Waals surface area contributed by atoms with E-state index in [0.29, 0.717) is 17.8 Å². The van der Waals surface area contributed by atoms with Crippen molar-refractivity contribution in [3.8, 4) is 0 Å². The number of hydrogen-bond acceptors (Lipinski definition) is 2. The van der Waals surface area contributed by atoms with Gasteiger partial charge in [0, 0.05) is 6.42 Å². The Morgan fingerprint density at radius 1 is 1.10 bits per heavy atom. The lowest BCUT2D eigenvalue weighted by Gasteiger charge is -2.07. The van der Waals surface area contributed by atoms with Crippen LogP contribution < -0.4 is 4.57 Å². The highest BCUT2D eigenvalue weighted by Gasteiger charge is 2.30. The highest BCUT2D eigenvalue weighted by Crippen LogP contribution is 2.36. The topological polar surface area (TPSA) is 16.8 Å². The molecule has 0 fully saturated rings. The van der Waals surface area contributed by atoms with Gasteiger partial charge in [0.15, 0.2) is 17.2 Å². The lowest BCUT2D eigenvalue weighted by Crippen LogP contribution is -2.37. The standard InChI is InChI=1S/C14H11F4N2S/c1-4-6-5(2)19-11-10(17)13-7(9(16)14(18)21-13)8(15)12(11)20(6)3/h4H2,1-3H3/q+1.